The van der Waals surface area contributed by atoms with Gasteiger partial charge in [-0.05, 0) is 30.5 Å². The van der Waals surface area contributed by atoms with Crippen LogP contribution in [-0.4, -0.2) is 30.4 Å². The zero-order valence-corrected chi connectivity index (χ0v) is 14.3. The average molecular weight is 338 g/mol. The van der Waals surface area contributed by atoms with Gasteiger partial charge in [-0.15, -0.1) is 0 Å². The fraction of sp³-hybridized carbons (Fsp3) is 0.300. The standard InChI is InChI=1S/C20H22N2O3/c1-25-17-11-7-10-16(14-17)21-20(24)19(15-8-3-2-4-9-15)22-13-6-5-12-18(22)23/h2-4,7-11,14,19H,5-6,12-13H2,1H3,(H,21,24). The maximum Gasteiger partial charge on any atom is 0.251 e. The first-order valence-corrected chi connectivity index (χ1v) is 8.48. The molecule has 5 heteroatoms. The number of nitrogens with zero attached hydrogens (tertiary/aromatic N) is 1. The highest BCUT2D eigenvalue weighted by Gasteiger charge is 2.32. The Morgan fingerprint density at radius 1 is 1.12 bits per heavy atom. The van der Waals surface area contributed by atoms with Crippen LogP contribution in [0.3, 0.4) is 0 Å². The maximum atomic E-state index is 13.0. The lowest BCUT2D eigenvalue weighted by molar-refractivity contribution is -0.141. The number of carbonyl (C=O) groups is 2. The van der Waals surface area contributed by atoms with Gasteiger partial charge in [0, 0.05) is 24.7 Å². The number of ether oxygens (including phenoxy) is 1. The highest BCUT2D eigenvalue weighted by molar-refractivity contribution is 5.98. The number of anilines is 1. The predicted octanol–water partition coefficient (Wildman–Crippen LogP) is 3.39. The topological polar surface area (TPSA) is 58.6 Å². The van der Waals surface area contributed by atoms with Crippen LogP contribution in [0.2, 0.25) is 0 Å². The molecule has 1 unspecified atom stereocenters. The van der Waals surface area contributed by atoms with Crippen molar-refractivity contribution in [1.29, 1.82) is 0 Å². The minimum atomic E-state index is -0.625. The molecule has 0 bridgehead atoms. The molecular formula is C20H22N2O3. The van der Waals surface area contributed by atoms with Crippen molar-refractivity contribution in [2.24, 2.45) is 0 Å². The molecule has 0 radical (unpaired) electrons. The van der Waals surface area contributed by atoms with E-state index in [1.54, 1.807) is 24.1 Å². The first-order valence-electron chi connectivity index (χ1n) is 8.48. The molecule has 2 aromatic carbocycles. The van der Waals surface area contributed by atoms with Crippen molar-refractivity contribution in [3.05, 3.63) is 60.2 Å². The van der Waals surface area contributed by atoms with Gasteiger partial charge in [0.1, 0.15) is 11.8 Å². The van der Waals surface area contributed by atoms with Gasteiger partial charge in [-0.25, -0.2) is 0 Å². The minimum Gasteiger partial charge on any atom is -0.497 e. The third-order valence-corrected chi connectivity index (χ3v) is 4.37. The summed E-state index contributed by atoms with van der Waals surface area (Å²) in [5.41, 5.74) is 1.47. The van der Waals surface area contributed by atoms with Gasteiger partial charge in [-0.2, -0.15) is 0 Å². The molecule has 0 aromatic heterocycles. The molecule has 1 atom stereocenters. The number of rotatable bonds is 5. The Hall–Kier alpha value is -2.82. The van der Waals surface area contributed by atoms with E-state index in [0.717, 1.165) is 18.4 Å². The van der Waals surface area contributed by atoms with Crippen LogP contribution >= 0.6 is 0 Å². The maximum absolute atomic E-state index is 13.0. The molecule has 0 aliphatic carbocycles. The molecule has 5 nitrogen and oxygen atoms in total. The Bertz CT molecular complexity index is 746. The van der Waals surface area contributed by atoms with Crippen LogP contribution in [0.15, 0.2) is 54.6 Å². The number of methoxy groups -OCH3 is 1. The SMILES string of the molecule is COc1cccc(NC(=O)C(c2ccccc2)N2CCCCC2=O)c1. The van der Waals surface area contributed by atoms with Crippen molar-refractivity contribution < 1.29 is 14.3 Å². The van der Waals surface area contributed by atoms with Crippen molar-refractivity contribution in [3.63, 3.8) is 0 Å². The monoisotopic (exact) mass is 338 g/mol. The summed E-state index contributed by atoms with van der Waals surface area (Å²) in [6, 6.07) is 16.0. The number of amides is 2. The van der Waals surface area contributed by atoms with Crippen LogP contribution in [0.25, 0.3) is 0 Å². The second-order valence-corrected chi connectivity index (χ2v) is 6.08. The van der Waals surface area contributed by atoms with Gasteiger partial charge in [-0.3, -0.25) is 9.59 Å². The van der Waals surface area contributed by atoms with E-state index in [4.69, 9.17) is 4.74 Å². The lowest BCUT2D eigenvalue weighted by Crippen LogP contribution is -2.43. The molecule has 1 heterocycles. The fourth-order valence-corrected chi connectivity index (χ4v) is 3.12. The molecule has 1 aliphatic rings. The minimum absolute atomic E-state index is 0.0286. The third-order valence-electron chi connectivity index (χ3n) is 4.37. The van der Waals surface area contributed by atoms with Crippen LogP contribution in [0, 0.1) is 0 Å². The molecule has 1 saturated heterocycles. The lowest BCUT2D eigenvalue weighted by Gasteiger charge is -2.34. The number of hydrogen-bond donors (Lipinski definition) is 1. The van der Waals surface area contributed by atoms with Gasteiger partial charge in [0.05, 0.1) is 7.11 Å². The number of benzene rings is 2. The quantitative estimate of drug-likeness (QED) is 0.909. The van der Waals surface area contributed by atoms with Crippen LogP contribution in [0.5, 0.6) is 5.75 Å². The van der Waals surface area contributed by atoms with Gasteiger partial charge in [-0.1, -0.05) is 36.4 Å². The zero-order chi connectivity index (χ0) is 17.6. The molecule has 0 saturated carbocycles. The number of hydrogen-bond acceptors (Lipinski definition) is 3. The zero-order valence-electron chi connectivity index (χ0n) is 14.3. The van der Waals surface area contributed by atoms with E-state index in [1.807, 2.05) is 42.5 Å². The molecule has 25 heavy (non-hydrogen) atoms. The summed E-state index contributed by atoms with van der Waals surface area (Å²) in [6.07, 6.45) is 2.30. The van der Waals surface area contributed by atoms with E-state index in [2.05, 4.69) is 5.32 Å². The van der Waals surface area contributed by atoms with E-state index >= 15 is 0 Å². The molecule has 1 fully saturated rings. The Labute approximate surface area is 147 Å². The Balaban J connectivity index is 1.88. The average Bonchev–Trinajstić information content (AvgIpc) is 2.64. The molecular weight excluding hydrogens is 316 g/mol. The number of nitrogens with one attached hydrogen (secondary N) is 1. The predicted molar refractivity (Wildman–Crippen MR) is 96.4 cm³/mol. The highest BCUT2D eigenvalue weighted by atomic mass is 16.5. The van der Waals surface area contributed by atoms with Crippen LogP contribution < -0.4 is 10.1 Å². The summed E-state index contributed by atoms with van der Waals surface area (Å²) in [6.45, 7) is 0.601. The van der Waals surface area contributed by atoms with Crippen LogP contribution in [0.4, 0.5) is 5.69 Å². The summed E-state index contributed by atoms with van der Waals surface area (Å²) >= 11 is 0. The second kappa shape index (κ2) is 7.83. The van der Waals surface area contributed by atoms with E-state index in [1.165, 1.54) is 0 Å². The van der Waals surface area contributed by atoms with Crippen molar-refractivity contribution >= 4 is 17.5 Å². The van der Waals surface area contributed by atoms with Crippen molar-refractivity contribution in [1.82, 2.24) is 4.90 Å². The number of likely N-dealkylation sites (tertiary alicyclic amines) is 1. The van der Waals surface area contributed by atoms with Gasteiger partial charge in [0.15, 0.2) is 0 Å². The lowest BCUT2D eigenvalue weighted by atomic mass is 10.0. The summed E-state index contributed by atoms with van der Waals surface area (Å²) in [5.74, 6) is 0.485. The smallest absolute Gasteiger partial charge is 0.251 e. The molecule has 1 N–H and O–H groups in total. The first kappa shape index (κ1) is 17.0. The fourth-order valence-electron chi connectivity index (χ4n) is 3.12. The first-order chi connectivity index (χ1) is 12.2. The summed E-state index contributed by atoms with van der Waals surface area (Å²) in [4.78, 5) is 27.1. The normalized spacial score (nSPS) is 15.6. The molecule has 0 spiro atoms. The van der Waals surface area contributed by atoms with Crippen molar-refractivity contribution in [2.45, 2.75) is 25.3 Å². The summed E-state index contributed by atoms with van der Waals surface area (Å²) < 4.78 is 5.20. The largest absolute Gasteiger partial charge is 0.497 e. The summed E-state index contributed by atoms with van der Waals surface area (Å²) in [7, 11) is 1.58. The van der Waals surface area contributed by atoms with Crippen LogP contribution in [-0.2, 0) is 9.59 Å². The van der Waals surface area contributed by atoms with Gasteiger partial charge in [0.25, 0.3) is 5.91 Å². The van der Waals surface area contributed by atoms with Gasteiger partial charge < -0.3 is 15.0 Å². The Kier molecular flexibility index (Phi) is 5.33. The van der Waals surface area contributed by atoms with E-state index < -0.39 is 6.04 Å². The highest BCUT2D eigenvalue weighted by Crippen LogP contribution is 2.27. The third kappa shape index (κ3) is 3.99. The molecule has 2 amide bonds. The molecule has 130 valence electrons. The molecule has 1 aliphatic heterocycles. The van der Waals surface area contributed by atoms with E-state index in [-0.39, 0.29) is 11.8 Å². The number of carbonyl (C=O) groups excluding carboxylic acids is 2. The van der Waals surface area contributed by atoms with Gasteiger partial charge in [0.2, 0.25) is 5.91 Å². The van der Waals surface area contributed by atoms with E-state index in [9.17, 15) is 9.59 Å². The summed E-state index contributed by atoms with van der Waals surface area (Å²) in [5, 5.41) is 2.92. The Morgan fingerprint density at radius 3 is 2.64 bits per heavy atom. The molecule has 2 aromatic rings. The Morgan fingerprint density at radius 2 is 1.92 bits per heavy atom. The van der Waals surface area contributed by atoms with Crippen molar-refractivity contribution in [2.75, 3.05) is 19.0 Å². The van der Waals surface area contributed by atoms with Crippen molar-refractivity contribution in [3.8, 4) is 5.75 Å². The van der Waals surface area contributed by atoms with E-state index in [0.29, 0.717) is 24.4 Å². The van der Waals surface area contributed by atoms with Gasteiger partial charge >= 0.3 is 0 Å². The molecule has 3 rings (SSSR count). The van der Waals surface area contributed by atoms with Crippen LogP contribution in [0.1, 0.15) is 30.9 Å². The number of piperidine rings is 1. The second-order valence-electron chi connectivity index (χ2n) is 6.08.